The van der Waals surface area contributed by atoms with E-state index in [1.54, 1.807) is 19.9 Å². The average Bonchev–Trinajstić information content (AvgIpc) is 2.55. The summed E-state index contributed by atoms with van der Waals surface area (Å²) in [6.45, 7) is 3.00. The van der Waals surface area contributed by atoms with Crippen LogP contribution in [0, 0.1) is 5.41 Å². The van der Waals surface area contributed by atoms with E-state index in [4.69, 9.17) is 5.11 Å². The van der Waals surface area contributed by atoms with Crippen LogP contribution < -0.4 is 0 Å². The molecule has 0 aliphatic carbocycles. The number of benzene rings is 1. The normalized spacial score (nSPS) is 13.2. The highest BCUT2D eigenvalue weighted by Crippen LogP contribution is 2.21. The SMILES string of the molecule is CC(C)(CO)[C@@H](O)C(=O)CCCC(=O)/C=C/Cc1ccccc1. The highest BCUT2D eigenvalue weighted by Gasteiger charge is 2.32. The maximum absolute atomic E-state index is 11.8. The summed E-state index contributed by atoms with van der Waals surface area (Å²) in [7, 11) is 0. The standard InChI is InChI=1S/C19H26O4/c1-19(2,14-20)18(23)17(22)13-7-12-16(21)11-6-10-15-8-4-3-5-9-15/h3-6,8-9,11,18,20,23H,7,10,12-14H2,1-2H3/b11-6+/t18-/m0/s1. The number of hydrogen-bond acceptors (Lipinski definition) is 4. The van der Waals surface area contributed by atoms with Crippen molar-refractivity contribution in [3.8, 4) is 0 Å². The lowest BCUT2D eigenvalue weighted by molar-refractivity contribution is -0.134. The summed E-state index contributed by atoms with van der Waals surface area (Å²) in [6.07, 6.45) is 3.71. The smallest absolute Gasteiger partial charge is 0.161 e. The predicted octanol–water partition coefficient (Wildman–Crippen LogP) is 2.47. The lowest BCUT2D eigenvalue weighted by Crippen LogP contribution is -2.39. The summed E-state index contributed by atoms with van der Waals surface area (Å²) in [5.74, 6) is -0.352. The van der Waals surface area contributed by atoms with Gasteiger partial charge in [0, 0.05) is 18.3 Å². The van der Waals surface area contributed by atoms with E-state index in [1.165, 1.54) is 0 Å². The molecule has 1 atom stereocenters. The van der Waals surface area contributed by atoms with Crippen molar-refractivity contribution in [3.05, 3.63) is 48.0 Å². The Labute approximate surface area is 137 Å². The molecule has 0 fully saturated rings. The first-order chi connectivity index (χ1) is 10.9. The zero-order valence-corrected chi connectivity index (χ0v) is 13.9. The molecule has 1 aromatic carbocycles. The van der Waals surface area contributed by atoms with Gasteiger partial charge in [-0.1, -0.05) is 50.3 Å². The van der Waals surface area contributed by atoms with E-state index >= 15 is 0 Å². The van der Waals surface area contributed by atoms with E-state index in [-0.39, 0.29) is 31.0 Å². The van der Waals surface area contributed by atoms with Gasteiger partial charge in [0.25, 0.3) is 0 Å². The van der Waals surface area contributed by atoms with Gasteiger partial charge < -0.3 is 10.2 Å². The third-order valence-electron chi connectivity index (χ3n) is 3.80. The quantitative estimate of drug-likeness (QED) is 0.650. The van der Waals surface area contributed by atoms with Crippen molar-refractivity contribution in [2.45, 2.75) is 45.6 Å². The van der Waals surface area contributed by atoms with Crippen molar-refractivity contribution in [2.24, 2.45) is 5.41 Å². The Morgan fingerprint density at radius 1 is 1.17 bits per heavy atom. The molecule has 2 N–H and O–H groups in total. The lowest BCUT2D eigenvalue weighted by atomic mass is 9.84. The van der Waals surface area contributed by atoms with Gasteiger partial charge in [-0.3, -0.25) is 9.59 Å². The molecule has 0 aliphatic rings. The van der Waals surface area contributed by atoms with E-state index in [9.17, 15) is 14.7 Å². The molecular weight excluding hydrogens is 292 g/mol. The van der Waals surface area contributed by atoms with Crippen LogP contribution in [0.4, 0.5) is 0 Å². The second kappa shape index (κ2) is 9.38. The maximum Gasteiger partial charge on any atom is 0.161 e. The van der Waals surface area contributed by atoms with E-state index in [2.05, 4.69) is 0 Å². The molecular formula is C19H26O4. The molecule has 4 nitrogen and oxygen atoms in total. The number of carbonyl (C=O) groups is 2. The van der Waals surface area contributed by atoms with Crippen LogP contribution >= 0.6 is 0 Å². The van der Waals surface area contributed by atoms with Crippen molar-refractivity contribution < 1.29 is 19.8 Å². The van der Waals surface area contributed by atoms with Gasteiger partial charge in [0.1, 0.15) is 6.10 Å². The Balaban J connectivity index is 2.30. The molecule has 0 aliphatic heterocycles. The number of rotatable bonds is 10. The van der Waals surface area contributed by atoms with Crippen LogP contribution in [0.2, 0.25) is 0 Å². The minimum atomic E-state index is -1.20. The number of carbonyl (C=O) groups excluding carboxylic acids is 2. The highest BCUT2D eigenvalue weighted by molar-refractivity contribution is 5.90. The first-order valence-electron chi connectivity index (χ1n) is 7.92. The first kappa shape index (κ1) is 19.3. The fourth-order valence-corrected chi connectivity index (χ4v) is 2.12. The van der Waals surface area contributed by atoms with Gasteiger partial charge >= 0.3 is 0 Å². The molecule has 0 spiro atoms. The molecule has 1 rings (SSSR count). The Morgan fingerprint density at radius 2 is 1.83 bits per heavy atom. The second-order valence-electron chi connectivity index (χ2n) is 6.43. The Morgan fingerprint density at radius 3 is 2.43 bits per heavy atom. The molecule has 23 heavy (non-hydrogen) atoms. The summed E-state index contributed by atoms with van der Waals surface area (Å²) in [5.41, 5.74) is 0.289. The molecule has 1 aromatic rings. The second-order valence-corrected chi connectivity index (χ2v) is 6.43. The zero-order valence-electron chi connectivity index (χ0n) is 13.9. The molecule has 0 heterocycles. The lowest BCUT2D eigenvalue weighted by Gasteiger charge is -2.26. The highest BCUT2D eigenvalue weighted by atomic mass is 16.3. The Kier molecular flexibility index (Phi) is 7.86. The average molecular weight is 318 g/mol. The summed E-state index contributed by atoms with van der Waals surface area (Å²) in [4.78, 5) is 23.6. The predicted molar refractivity (Wildman–Crippen MR) is 90.0 cm³/mol. The summed E-state index contributed by atoms with van der Waals surface area (Å²) < 4.78 is 0. The van der Waals surface area contributed by atoms with Crippen molar-refractivity contribution in [2.75, 3.05) is 6.61 Å². The van der Waals surface area contributed by atoms with E-state index in [1.807, 2.05) is 36.4 Å². The fourth-order valence-electron chi connectivity index (χ4n) is 2.12. The molecule has 0 amide bonds. The maximum atomic E-state index is 11.8. The summed E-state index contributed by atoms with van der Waals surface area (Å²) in [5, 5.41) is 19.0. The van der Waals surface area contributed by atoms with Crippen LogP contribution in [0.25, 0.3) is 0 Å². The molecule has 0 bridgehead atoms. The largest absolute Gasteiger partial charge is 0.396 e. The number of allylic oxidation sites excluding steroid dienone is 2. The number of aliphatic hydroxyl groups is 2. The van der Waals surface area contributed by atoms with Gasteiger partial charge in [-0.15, -0.1) is 0 Å². The number of ketones is 2. The minimum absolute atomic E-state index is 0.0235. The number of aliphatic hydroxyl groups excluding tert-OH is 2. The van der Waals surface area contributed by atoms with Crippen LogP contribution in [-0.4, -0.2) is 34.5 Å². The van der Waals surface area contributed by atoms with Gasteiger partial charge in [-0.05, 0) is 24.5 Å². The van der Waals surface area contributed by atoms with Gasteiger partial charge in [0.2, 0.25) is 0 Å². The Hall–Kier alpha value is -1.78. The Bertz CT molecular complexity index is 532. The molecule has 0 aromatic heterocycles. The molecule has 126 valence electrons. The van der Waals surface area contributed by atoms with Gasteiger partial charge in [0.05, 0.1) is 6.61 Å². The summed E-state index contributed by atoms with van der Waals surface area (Å²) in [6, 6.07) is 9.85. The van der Waals surface area contributed by atoms with E-state index in [0.29, 0.717) is 12.8 Å². The van der Waals surface area contributed by atoms with Crippen LogP contribution in [0.3, 0.4) is 0 Å². The van der Waals surface area contributed by atoms with Crippen LogP contribution in [-0.2, 0) is 16.0 Å². The minimum Gasteiger partial charge on any atom is -0.396 e. The van der Waals surface area contributed by atoms with Crippen LogP contribution in [0.1, 0.15) is 38.7 Å². The van der Waals surface area contributed by atoms with E-state index < -0.39 is 11.5 Å². The molecule has 4 heteroatoms. The molecule has 0 saturated heterocycles. The van der Waals surface area contributed by atoms with Crippen molar-refractivity contribution in [1.29, 1.82) is 0 Å². The van der Waals surface area contributed by atoms with Crippen LogP contribution in [0.15, 0.2) is 42.5 Å². The first-order valence-corrected chi connectivity index (χ1v) is 7.92. The molecule has 0 radical (unpaired) electrons. The third kappa shape index (κ3) is 6.89. The fraction of sp³-hybridized carbons (Fsp3) is 0.474. The van der Waals surface area contributed by atoms with Gasteiger partial charge in [-0.2, -0.15) is 0 Å². The topological polar surface area (TPSA) is 74.6 Å². The van der Waals surface area contributed by atoms with Crippen molar-refractivity contribution >= 4 is 11.6 Å². The summed E-state index contributed by atoms with van der Waals surface area (Å²) >= 11 is 0. The van der Waals surface area contributed by atoms with E-state index in [0.717, 1.165) is 5.56 Å². The number of hydrogen-bond donors (Lipinski definition) is 2. The van der Waals surface area contributed by atoms with Gasteiger partial charge in [0.15, 0.2) is 11.6 Å². The monoisotopic (exact) mass is 318 g/mol. The zero-order chi connectivity index (χ0) is 17.3. The van der Waals surface area contributed by atoms with Crippen LogP contribution in [0.5, 0.6) is 0 Å². The van der Waals surface area contributed by atoms with Gasteiger partial charge in [-0.25, -0.2) is 0 Å². The van der Waals surface area contributed by atoms with Crippen molar-refractivity contribution in [1.82, 2.24) is 0 Å². The number of Topliss-reactive ketones (excluding diaryl/α,β-unsaturated/α-hetero) is 1. The molecule has 0 saturated carbocycles. The third-order valence-corrected chi connectivity index (χ3v) is 3.80. The van der Waals surface area contributed by atoms with Crippen molar-refractivity contribution in [3.63, 3.8) is 0 Å². The molecule has 0 unspecified atom stereocenters.